The van der Waals surface area contributed by atoms with E-state index in [-0.39, 0.29) is 29.4 Å². The molecule has 2 aromatic rings. The Hall–Kier alpha value is -2.46. The van der Waals surface area contributed by atoms with Crippen molar-refractivity contribution in [3.05, 3.63) is 64.7 Å². The summed E-state index contributed by atoms with van der Waals surface area (Å²) < 4.78 is 0. The zero-order valence-electron chi connectivity index (χ0n) is 14.6. The molecule has 2 aromatic carbocycles. The van der Waals surface area contributed by atoms with E-state index in [4.69, 9.17) is 11.6 Å². The van der Waals surface area contributed by atoms with Crippen LogP contribution in [0.3, 0.4) is 0 Å². The SMILES string of the molecule is O=C(c1ccccc1)c1cc(Cl)ccc1N1C(=O)[C@@H]2[C@@H]3CC[C@H](C3)[C@@H]2C1=O. The van der Waals surface area contributed by atoms with Gasteiger partial charge in [0.25, 0.3) is 0 Å². The fraction of sp³-hybridized carbons (Fsp3) is 0.318. The van der Waals surface area contributed by atoms with Crippen LogP contribution in [0.25, 0.3) is 0 Å². The van der Waals surface area contributed by atoms with Gasteiger partial charge >= 0.3 is 0 Å². The number of fused-ring (bicyclic) bond motifs is 5. The summed E-state index contributed by atoms with van der Waals surface area (Å²) in [4.78, 5) is 40.6. The number of ketones is 1. The molecule has 2 amide bonds. The molecule has 27 heavy (non-hydrogen) atoms. The quantitative estimate of drug-likeness (QED) is 0.595. The summed E-state index contributed by atoms with van der Waals surface area (Å²) in [6.45, 7) is 0. The Bertz CT molecular complexity index is 943. The van der Waals surface area contributed by atoms with Gasteiger partial charge in [-0.2, -0.15) is 0 Å². The number of imide groups is 1. The Balaban J connectivity index is 1.59. The van der Waals surface area contributed by atoms with Crippen LogP contribution in [0.4, 0.5) is 5.69 Å². The van der Waals surface area contributed by atoms with Crippen LogP contribution in [0.2, 0.25) is 5.02 Å². The van der Waals surface area contributed by atoms with Gasteiger partial charge in [-0.1, -0.05) is 41.9 Å². The van der Waals surface area contributed by atoms with Gasteiger partial charge in [0.05, 0.1) is 17.5 Å². The van der Waals surface area contributed by atoms with Crippen LogP contribution in [0, 0.1) is 23.7 Å². The number of anilines is 1. The third-order valence-electron chi connectivity index (χ3n) is 6.41. The lowest BCUT2D eigenvalue weighted by atomic mass is 9.81. The molecule has 0 N–H and O–H groups in total. The third-order valence-corrected chi connectivity index (χ3v) is 6.64. The first kappa shape index (κ1) is 16.7. The van der Waals surface area contributed by atoms with Gasteiger partial charge in [-0.3, -0.25) is 14.4 Å². The Morgan fingerprint density at radius 2 is 1.56 bits per heavy atom. The van der Waals surface area contributed by atoms with Crippen molar-refractivity contribution in [2.24, 2.45) is 23.7 Å². The second kappa shape index (κ2) is 6.03. The predicted octanol–water partition coefficient (Wildman–Crippen LogP) is 4.11. The first-order valence-corrected chi connectivity index (χ1v) is 9.71. The number of carbonyl (C=O) groups is 3. The summed E-state index contributed by atoms with van der Waals surface area (Å²) in [6.07, 6.45) is 3.03. The summed E-state index contributed by atoms with van der Waals surface area (Å²) in [7, 11) is 0. The molecular weight excluding hydrogens is 362 g/mol. The minimum absolute atomic E-state index is 0.151. The standard InChI is InChI=1S/C22H18ClNO3/c23-15-8-9-17(16(11-15)20(25)12-4-2-1-3-5-12)24-21(26)18-13-6-7-14(10-13)19(18)22(24)27/h1-5,8-9,11,13-14,18-19H,6-7,10H2/t13-,14-,18-,19+/m1/s1. The molecule has 3 fully saturated rings. The molecule has 2 saturated carbocycles. The van der Waals surface area contributed by atoms with E-state index in [1.54, 1.807) is 42.5 Å². The van der Waals surface area contributed by atoms with Crippen molar-refractivity contribution in [3.63, 3.8) is 0 Å². The van der Waals surface area contributed by atoms with E-state index in [1.165, 1.54) is 4.90 Å². The summed E-state index contributed by atoms with van der Waals surface area (Å²) in [5.74, 6) is -0.362. The molecule has 5 heteroatoms. The lowest BCUT2D eigenvalue weighted by Crippen LogP contribution is -2.34. The number of nitrogens with zero attached hydrogens (tertiary/aromatic N) is 1. The Morgan fingerprint density at radius 1 is 0.926 bits per heavy atom. The van der Waals surface area contributed by atoms with E-state index < -0.39 is 0 Å². The largest absolute Gasteiger partial charge is 0.289 e. The minimum Gasteiger partial charge on any atom is -0.289 e. The van der Waals surface area contributed by atoms with Crippen LogP contribution < -0.4 is 4.90 Å². The molecule has 2 aliphatic carbocycles. The molecular formula is C22H18ClNO3. The second-order valence-electron chi connectivity index (χ2n) is 7.75. The van der Waals surface area contributed by atoms with Crippen molar-refractivity contribution < 1.29 is 14.4 Å². The van der Waals surface area contributed by atoms with E-state index in [2.05, 4.69) is 0 Å². The first-order chi connectivity index (χ1) is 13.1. The van der Waals surface area contributed by atoms with Gasteiger partial charge in [-0.25, -0.2) is 4.90 Å². The molecule has 0 spiro atoms. The van der Waals surface area contributed by atoms with Crippen LogP contribution in [-0.4, -0.2) is 17.6 Å². The van der Waals surface area contributed by atoms with Gasteiger partial charge in [0.1, 0.15) is 0 Å². The molecule has 0 aromatic heterocycles. The van der Waals surface area contributed by atoms with Gasteiger partial charge in [0, 0.05) is 16.1 Å². The average molecular weight is 380 g/mol. The highest BCUT2D eigenvalue weighted by atomic mass is 35.5. The van der Waals surface area contributed by atoms with Crippen molar-refractivity contribution >= 4 is 34.9 Å². The Kier molecular flexibility index (Phi) is 3.73. The highest BCUT2D eigenvalue weighted by Gasteiger charge is 2.61. The van der Waals surface area contributed by atoms with Crippen LogP contribution >= 0.6 is 11.6 Å². The second-order valence-corrected chi connectivity index (χ2v) is 8.19. The lowest BCUT2D eigenvalue weighted by Gasteiger charge is -2.20. The highest BCUT2D eigenvalue weighted by Crippen LogP contribution is 2.56. The summed E-state index contributed by atoms with van der Waals surface area (Å²) in [5.41, 5.74) is 1.15. The Labute approximate surface area is 162 Å². The highest BCUT2D eigenvalue weighted by molar-refractivity contribution is 6.32. The van der Waals surface area contributed by atoms with Crippen molar-refractivity contribution in [3.8, 4) is 0 Å². The molecule has 2 bridgehead atoms. The number of benzene rings is 2. The zero-order chi connectivity index (χ0) is 18.7. The monoisotopic (exact) mass is 379 g/mol. The third kappa shape index (κ3) is 2.39. The van der Waals surface area contributed by atoms with Crippen LogP contribution in [0.15, 0.2) is 48.5 Å². The molecule has 0 radical (unpaired) electrons. The smallest absolute Gasteiger partial charge is 0.237 e. The van der Waals surface area contributed by atoms with E-state index in [0.29, 0.717) is 33.7 Å². The van der Waals surface area contributed by atoms with Crippen LogP contribution in [0.1, 0.15) is 35.2 Å². The Morgan fingerprint density at radius 3 is 2.19 bits per heavy atom. The normalized spacial score (nSPS) is 28.7. The van der Waals surface area contributed by atoms with Gasteiger partial charge in [0.15, 0.2) is 5.78 Å². The molecule has 5 rings (SSSR count). The number of hydrogen-bond donors (Lipinski definition) is 0. The zero-order valence-corrected chi connectivity index (χ0v) is 15.4. The first-order valence-electron chi connectivity index (χ1n) is 9.33. The summed E-state index contributed by atoms with van der Waals surface area (Å²) in [5, 5.41) is 0.400. The number of carbonyl (C=O) groups excluding carboxylic acids is 3. The van der Waals surface area contributed by atoms with Gasteiger partial charge in [-0.05, 0) is 49.3 Å². The topological polar surface area (TPSA) is 54.5 Å². The van der Waals surface area contributed by atoms with E-state index in [9.17, 15) is 14.4 Å². The molecule has 1 aliphatic heterocycles. The average Bonchev–Trinajstić information content (AvgIpc) is 3.36. The molecule has 4 nitrogen and oxygen atoms in total. The maximum Gasteiger partial charge on any atom is 0.237 e. The van der Waals surface area contributed by atoms with Crippen LogP contribution in [-0.2, 0) is 9.59 Å². The molecule has 3 aliphatic rings. The summed E-state index contributed by atoms with van der Waals surface area (Å²) in [6, 6.07) is 13.6. The minimum atomic E-state index is -0.242. The predicted molar refractivity (Wildman–Crippen MR) is 102 cm³/mol. The van der Waals surface area contributed by atoms with Gasteiger partial charge in [-0.15, -0.1) is 0 Å². The molecule has 4 atom stereocenters. The number of hydrogen-bond acceptors (Lipinski definition) is 3. The van der Waals surface area contributed by atoms with Crippen molar-refractivity contribution in [1.29, 1.82) is 0 Å². The van der Waals surface area contributed by atoms with E-state index in [1.807, 2.05) is 6.07 Å². The maximum absolute atomic E-state index is 13.1. The lowest BCUT2D eigenvalue weighted by molar-refractivity contribution is -0.123. The van der Waals surface area contributed by atoms with Gasteiger partial charge in [0.2, 0.25) is 11.8 Å². The van der Waals surface area contributed by atoms with Crippen molar-refractivity contribution in [2.75, 3.05) is 4.90 Å². The number of amides is 2. The van der Waals surface area contributed by atoms with Crippen LogP contribution in [0.5, 0.6) is 0 Å². The number of halogens is 1. The molecule has 1 heterocycles. The fourth-order valence-corrected chi connectivity index (χ4v) is 5.45. The fourth-order valence-electron chi connectivity index (χ4n) is 5.28. The molecule has 0 unspecified atom stereocenters. The van der Waals surface area contributed by atoms with E-state index >= 15 is 0 Å². The number of rotatable bonds is 3. The summed E-state index contributed by atoms with van der Waals surface area (Å²) >= 11 is 6.14. The van der Waals surface area contributed by atoms with Crippen molar-refractivity contribution in [1.82, 2.24) is 0 Å². The molecule has 1 saturated heterocycles. The van der Waals surface area contributed by atoms with Gasteiger partial charge < -0.3 is 0 Å². The maximum atomic E-state index is 13.1. The molecule has 136 valence electrons. The van der Waals surface area contributed by atoms with E-state index in [0.717, 1.165) is 19.3 Å². The van der Waals surface area contributed by atoms with Crippen molar-refractivity contribution in [2.45, 2.75) is 19.3 Å².